The molecule has 2 rings (SSSR count). The van der Waals surface area contributed by atoms with Crippen LogP contribution in [0, 0.1) is 0 Å². The van der Waals surface area contributed by atoms with Crippen LogP contribution in [-0.2, 0) is 0 Å². The molecule has 9 heteroatoms. The first-order valence-corrected chi connectivity index (χ1v) is 8.06. The van der Waals surface area contributed by atoms with Gasteiger partial charge in [-0.3, -0.25) is 4.90 Å². The van der Waals surface area contributed by atoms with Gasteiger partial charge in [0.15, 0.2) is 0 Å². The van der Waals surface area contributed by atoms with Crippen LogP contribution in [0.3, 0.4) is 0 Å². The Morgan fingerprint density at radius 1 is 1.23 bits per heavy atom. The molecule has 1 fully saturated rings. The fraction of sp³-hybridized carbons (Fsp3) is 0.538. The normalized spacial score (nSPS) is 17.9. The van der Waals surface area contributed by atoms with Crippen molar-refractivity contribution in [3.8, 4) is 5.75 Å². The molecule has 0 aromatic heterocycles. The quantitative estimate of drug-likeness (QED) is 0.697. The molecule has 2 N–H and O–H groups in total. The highest BCUT2D eigenvalue weighted by Crippen LogP contribution is 2.42. The predicted octanol–water partition coefficient (Wildman–Crippen LogP) is 4.24. The lowest BCUT2D eigenvalue weighted by atomic mass is 10.00. The van der Waals surface area contributed by atoms with E-state index in [0.29, 0.717) is 35.1 Å². The molecule has 0 spiro atoms. The van der Waals surface area contributed by atoms with Crippen LogP contribution in [0.2, 0.25) is 0 Å². The van der Waals surface area contributed by atoms with E-state index in [4.69, 9.17) is 0 Å². The Balaban J connectivity index is 0.00000242. The van der Waals surface area contributed by atoms with E-state index in [1.165, 1.54) is 0 Å². The summed E-state index contributed by atoms with van der Waals surface area (Å²) >= 11 is 6.44. The van der Waals surface area contributed by atoms with Crippen LogP contribution in [-0.4, -0.2) is 42.4 Å². The Morgan fingerprint density at radius 2 is 1.82 bits per heavy atom. The molecule has 0 aliphatic carbocycles. The topological polar surface area (TPSA) is 35.5 Å². The van der Waals surface area contributed by atoms with Crippen molar-refractivity contribution in [3.63, 3.8) is 0 Å². The highest BCUT2D eigenvalue weighted by molar-refractivity contribution is 9.11. The number of phenolic OH excluding ortho intramolecular Hbond substituents is 1. The maximum absolute atomic E-state index is 12.9. The van der Waals surface area contributed by atoms with Crippen LogP contribution < -0.4 is 5.32 Å². The van der Waals surface area contributed by atoms with Gasteiger partial charge in [0.1, 0.15) is 5.75 Å². The number of halogens is 6. The summed E-state index contributed by atoms with van der Waals surface area (Å²) in [6, 6.07) is 2.28. The van der Waals surface area contributed by atoms with E-state index in [1.807, 2.05) is 0 Å². The van der Waals surface area contributed by atoms with Gasteiger partial charge in [-0.15, -0.1) is 12.4 Å². The average molecular weight is 469 g/mol. The summed E-state index contributed by atoms with van der Waals surface area (Å²) in [7, 11) is 0. The number of nitrogens with one attached hydrogen (secondary N) is 1. The Bertz CT molecular complexity index is 511. The maximum Gasteiger partial charge on any atom is 0.390 e. The second-order valence-electron chi connectivity index (χ2n) is 4.95. The first kappa shape index (κ1) is 20.0. The fourth-order valence-electron chi connectivity index (χ4n) is 2.49. The third kappa shape index (κ3) is 5.26. The summed E-state index contributed by atoms with van der Waals surface area (Å²) in [4.78, 5) is 1.76. The summed E-state index contributed by atoms with van der Waals surface area (Å²) in [5.41, 5.74) is 0.287. The van der Waals surface area contributed by atoms with Crippen molar-refractivity contribution in [2.45, 2.75) is 18.6 Å². The summed E-state index contributed by atoms with van der Waals surface area (Å²) in [6.07, 6.45) is -5.28. The predicted molar refractivity (Wildman–Crippen MR) is 88.6 cm³/mol. The molecular formula is C13H16Br2ClF3N2O. The van der Waals surface area contributed by atoms with Gasteiger partial charge in [0.25, 0.3) is 0 Å². The fourth-order valence-corrected chi connectivity index (χ4v) is 3.75. The van der Waals surface area contributed by atoms with Crippen molar-refractivity contribution in [2.75, 3.05) is 26.2 Å². The van der Waals surface area contributed by atoms with Crippen molar-refractivity contribution < 1.29 is 18.3 Å². The highest BCUT2D eigenvalue weighted by Gasteiger charge is 2.37. The maximum atomic E-state index is 12.9. The minimum Gasteiger partial charge on any atom is -0.506 e. The second-order valence-corrected chi connectivity index (χ2v) is 6.72. The Kier molecular flexibility index (Phi) is 7.45. The van der Waals surface area contributed by atoms with Crippen LogP contribution in [0.15, 0.2) is 21.1 Å². The van der Waals surface area contributed by atoms with Crippen LogP contribution >= 0.6 is 44.3 Å². The van der Waals surface area contributed by atoms with Crippen molar-refractivity contribution in [1.29, 1.82) is 0 Å². The molecular weight excluding hydrogens is 452 g/mol. The number of aromatic hydroxyl groups is 1. The summed E-state index contributed by atoms with van der Waals surface area (Å²) in [6.45, 7) is 2.32. The largest absolute Gasteiger partial charge is 0.506 e. The van der Waals surface area contributed by atoms with E-state index < -0.39 is 18.6 Å². The molecule has 1 heterocycles. The number of hydrogen-bond acceptors (Lipinski definition) is 3. The molecule has 3 nitrogen and oxygen atoms in total. The van der Waals surface area contributed by atoms with Gasteiger partial charge in [-0.25, -0.2) is 0 Å². The standard InChI is InChI=1S/C13H15Br2F3N2O.ClH/c14-8-5-9(12(21)10(15)6-8)11(7-13(16,17)18)20-3-1-19-2-4-20;/h5-6,11,19,21H,1-4,7H2;1H/t11-;/m1./s1. The lowest BCUT2D eigenvalue weighted by Crippen LogP contribution is -2.46. The third-order valence-electron chi connectivity index (χ3n) is 3.43. The molecule has 22 heavy (non-hydrogen) atoms. The van der Waals surface area contributed by atoms with Crippen molar-refractivity contribution in [3.05, 3.63) is 26.6 Å². The minimum absolute atomic E-state index is 0. The van der Waals surface area contributed by atoms with E-state index >= 15 is 0 Å². The SMILES string of the molecule is Cl.Oc1c(Br)cc(Br)cc1[C@@H](CC(F)(F)F)N1CCNCC1. The second kappa shape index (κ2) is 8.19. The van der Waals surface area contributed by atoms with E-state index in [2.05, 4.69) is 37.2 Å². The molecule has 0 saturated carbocycles. The lowest BCUT2D eigenvalue weighted by molar-refractivity contribution is -0.148. The average Bonchev–Trinajstić information content (AvgIpc) is 2.40. The van der Waals surface area contributed by atoms with Crippen LogP contribution in [0.5, 0.6) is 5.75 Å². The molecule has 1 atom stereocenters. The van der Waals surface area contributed by atoms with E-state index in [9.17, 15) is 18.3 Å². The van der Waals surface area contributed by atoms with Gasteiger partial charge < -0.3 is 10.4 Å². The zero-order chi connectivity index (χ0) is 15.6. The summed E-state index contributed by atoms with van der Waals surface area (Å²) in [5, 5.41) is 13.3. The number of piperazine rings is 1. The Morgan fingerprint density at radius 3 is 2.36 bits per heavy atom. The van der Waals surface area contributed by atoms with Gasteiger partial charge in [-0.05, 0) is 28.1 Å². The molecule has 1 aromatic rings. The first-order valence-electron chi connectivity index (χ1n) is 6.47. The number of hydrogen-bond donors (Lipinski definition) is 2. The van der Waals surface area contributed by atoms with Crippen molar-refractivity contribution in [1.82, 2.24) is 10.2 Å². The third-order valence-corrected chi connectivity index (χ3v) is 4.50. The summed E-state index contributed by atoms with van der Waals surface area (Å²) in [5.74, 6) is -0.133. The molecule has 0 amide bonds. The number of benzene rings is 1. The van der Waals surface area contributed by atoms with Gasteiger partial charge in [0, 0.05) is 42.3 Å². The van der Waals surface area contributed by atoms with Crippen molar-refractivity contribution in [2.24, 2.45) is 0 Å². The highest BCUT2D eigenvalue weighted by atomic mass is 79.9. The Labute approximate surface area is 149 Å². The molecule has 1 aliphatic heterocycles. The van der Waals surface area contributed by atoms with Gasteiger partial charge in [-0.1, -0.05) is 15.9 Å². The molecule has 0 bridgehead atoms. The van der Waals surface area contributed by atoms with E-state index in [-0.39, 0.29) is 23.7 Å². The molecule has 1 aromatic carbocycles. The number of rotatable bonds is 3. The van der Waals surface area contributed by atoms with Gasteiger partial charge >= 0.3 is 6.18 Å². The molecule has 0 unspecified atom stereocenters. The minimum atomic E-state index is -4.29. The van der Waals surface area contributed by atoms with Gasteiger partial charge in [0.05, 0.1) is 10.9 Å². The zero-order valence-electron chi connectivity index (χ0n) is 11.5. The van der Waals surface area contributed by atoms with Crippen LogP contribution in [0.1, 0.15) is 18.0 Å². The van der Waals surface area contributed by atoms with Crippen LogP contribution in [0.4, 0.5) is 13.2 Å². The van der Waals surface area contributed by atoms with E-state index in [0.717, 1.165) is 0 Å². The van der Waals surface area contributed by atoms with Gasteiger partial charge in [0.2, 0.25) is 0 Å². The first-order chi connectivity index (χ1) is 9.78. The molecule has 1 saturated heterocycles. The van der Waals surface area contributed by atoms with E-state index in [1.54, 1.807) is 17.0 Å². The molecule has 0 radical (unpaired) electrons. The van der Waals surface area contributed by atoms with Gasteiger partial charge in [-0.2, -0.15) is 13.2 Å². The number of phenols is 1. The molecule has 1 aliphatic rings. The summed E-state index contributed by atoms with van der Waals surface area (Å²) < 4.78 is 39.8. The zero-order valence-corrected chi connectivity index (χ0v) is 15.4. The smallest absolute Gasteiger partial charge is 0.390 e. The lowest BCUT2D eigenvalue weighted by Gasteiger charge is -2.36. The number of alkyl halides is 3. The monoisotopic (exact) mass is 466 g/mol. The van der Waals surface area contributed by atoms with Crippen LogP contribution in [0.25, 0.3) is 0 Å². The number of nitrogens with zero attached hydrogens (tertiary/aromatic N) is 1. The Hall–Kier alpha value is -0.0200. The van der Waals surface area contributed by atoms with Crippen molar-refractivity contribution >= 4 is 44.3 Å². The molecule has 126 valence electrons.